The average molecular weight is 418 g/mol. The maximum absolute atomic E-state index is 12.2. The van der Waals surface area contributed by atoms with Crippen LogP contribution in [0.15, 0.2) is 24.3 Å². The second kappa shape index (κ2) is 12.2. The minimum Gasteiger partial charge on any atom is -0.351 e. The molecule has 0 aromatic heterocycles. The van der Waals surface area contributed by atoms with Crippen LogP contribution >= 0.6 is 12.4 Å². The van der Waals surface area contributed by atoms with Gasteiger partial charge in [-0.3, -0.25) is 9.52 Å². The molecule has 3 N–H and O–H groups in total. The average Bonchev–Trinajstić information content (AvgIpc) is 2.87. The molecule has 1 amide bonds. The van der Waals surface area contributed by atoms with Crippen LogP contribution in [0.2, 0.25) is 0 Å². The van der Waals surface area contributed by atoms with E-state index in [0.29, 0.717) is 30.3 Å². The summed E-state index contributed by atoms with van der Waals surface area (Å²) in [6.45, 7) is 3.17. The number of sulfonamides is 1. The van der Waals surface area contributed by atoms with Gasteiger partial charge >= 0.3 is 0 Å². The number of anilines is 1. The fraction of sp³-hybridized carbons (Fsp3) is 0.632. The first-order valence-electron chi connectivity index (χ1n) is 9.62. The number of rotatable bonds is 9. The Balaban J connectivity index is 0.00000364. The lowest BCUT2D eigenvalue weighted by Crippen LogP contribution is -2.36. The van der Waals surface area contributed by atoms with Gasteiger partial charge in [-0.05, 0) is 43.5 Å². The zero-order valence-corrected chi connectivity index (χ0v) is 17.6. The van der Waals surface area contributed by atoms with Crippen molar-refractivity contribution in [3.05, 3.63) is 29.8 Å². The Morgan fingerprint density at radius 2 is 1.67 bits per heavy atom. The zero-order chi connectivity index (χ0) is 18.8. The maximum atomic E-state index is 12.2. The highest BCUT2D eigenvalue weighted by atomic mass is 35.5. The molecule has 1 aliphatic rings. The molecule has 2 rings (SSSR count). The van der Waals surface area contributed by atoms with Crippen LogP contribution in [-0.4, -0.2) is 39.2 Å². The summed E-state index contributed by atoms with van der Waals surface area (Å²) in [5.74, 6) is -0.0564. The molecule has 27 heavy (non-hydrogen) atoms. The van der Waals surface area contributed by atoms with Gasteiger partial charge in [0.15, 0.2) is 0 Å². The quantitative estimate of drug-likeness (QED) is 0.425. The van der Waals surface area contributed by atoms with E-state index in [-0.39, 0.29) is 24.1 Å². The number of hydrogen-bond donors (Lipinski definition) is 3. The number of benzene rings is 1. The fourth-order valence-electron chi connectivity index (χ4n) is 3.23. The summed E-state index contributed by atoms with van der Waals surface area (Å²) >= 11 is 0. The Morgan fingerprint density at radius 3 is 2.26 bits per heavy atom. The molecule has 154 valence electrons. The summed E-state index contributed by atoms with van der Waals surface area (Å²) in [4.78, 5) is 12.2. The third-order valence-electron chi connectivity index (χ3n) is 4.59. The molecule has 0 spiro atoms. The van der Waals surface area contributed by atoms with E-state index in [1.165, 1.54) is 38.5 Å². The van der Waals surface area contributed by atoms with Gasteiger partial charge in [0.1, 0.15) is 0 Å². The summed E-state index contributed by atoms with van der Waals surface area (Å²) in [6, 6.07) is 7.08. The van der Waals surface area contributed by atoms with E-state index in [9.17, 15) is 13.2 Å². The third-order valence-corrected chi connectivity index (χ3v) is 6.08. The Morgan fingerprint density at radius 1 is 1.04 bits per heavy atom. The summed E-state index contributed by atoms with van der Waals surface area (Å²) < 4.78 is 26.0. The van der Waals surface area contributed by atoms with Crippen LogP contribution < -0.4 is 15.4 Å². The minimum atomic E-state index is -3.31. The molecular weight excluding hydrogens is 386 g/mol. The molecule has 1 saturated carbocycles. The predicted molar refractivity (Wildman–Crippen MR) is 113 cm³/mol. The molecule has 0 radical (unpaired) electrons. The molecule has 6 nitrogen and oxygen atoms in total. The third kappa shape index (κ3) is 8.95. The number of amides is 1. The SMILES string of the molecule is CCCS(=O)(=O)Nc1ccc(C(=O)NCCNC2CCCCCC2)cc1.Cl. The van der Waals surface area contributed by atoms with Crippen LogP contribution in [-0.2, 0) is 10.0 Å². The second-order valence-corrected chi connectivity index (χ2v) is 8.74. The number of carbonyl (C=O) groups is 1. The van der Waals surface area contributed by atoms with Crippen LogP contribution in [0, 0.1) is 0 Å². The van der Waals surface area contributed by atoms with Crippen molar-refractivity contribution in [1.29, 1.82) is 0 Å². The first kappa shape index (κ1) is 23.7. The Kier molecular flexibility index (Phi) is 10.7. The molecule has 1 aliphatic carbocycles. The Labute approximate surface area is 169 Å². The molecule has 0 bridgehead atoms. The van der Waals surface area contributed by atoms with E-state index in [1.54, 1.807) is 24.3 Å². The highest BCUT2D eigenvalue weighted by molar-refractivity contribution is 7.92. The second-order valence-electron chi connectivity index (χ2n) is 6.90. The molecule has 0 aliphatic heterocycles. The van der Waals surface area contributed by atoms with E-state index in [1.807, 2.05) is 6.92 Å². The van der Waals surface area contributed by atoms with Crippen molar-refractivity contribution >= 4 is 34.0 Å². The largest absolute Gasteiger partial charge is 0.351 e. The minimum absolute atomic E-state index is 0. The summed E-state index contributed by atoms with van der Waals surface area (Å²) in [5, 5.41) is 6.43. The molecule has 0 atom stereocenters. The topological polar surface area (TPSA) is 87.3 Å². The van der Waals surface area contributed by atoms with Gasteiger partial charge in [-0.1, -0.05) is 32.6 Å². The summed E-state index contributed by atoms with van der Waals surface area (Å²) in [6.07, 6.45) is 8.26. The van der Waals surface area contributed by atoms with Crippen molar-refractivity contribution < 1.29 is 13.2 Å². The Bertz CT molecular complexity index is 657. The van der Waals surface area contributed by atoms with Gasteiger partial charge in [0.05, 0.1) is 5.75 Å². The van der Waals surface area contributed by atoms with Crippen LogP contribution in [0.3, 0.4) is 0 Å². The van der Waals surface area contributed by atoms with Crippen molar-refractivity contribution in [3.8, 4) is 0 Å². The summed E-state index contributed by atoms with van der Waals surface area (Å²) in [5.41, 5.74) is 1.00. The lowest BCUT2D eigenvalue weighted by molar-refractivity contribution is 0.0953. The van der Waals surface area contributed by atoms with Crippen molar-refractivity contribution in [1.82, 2.24) is 10.6 Å². The van der Waals surface area contributed by atoms with Crippen molar-refractivity contribution in [2.75, 3.05) is 23.6 Å². The molecule has 1 fully saturated rings. The lowest BCUT2D eigenvalue weighted by atomic mass is 10.1. The Hall–Kier alpha value is -1.31. The van der Waals surface area contributed by atoms with Gasteiger partial charge in [0.25, 0.3) is 5.91 Å². The smallest absolute Gasteiger partial charge is 0.251 e. The predicted octanol–water partition coefficient (Wildman–Crippen LogP) is 3.30. The van der Waals surface area contributed by atoms with Crippen LogP contribution in [0.1, 0.15) is 62.2 Å². The van der Waals surface area contributed by atoms with Crippen molar-refractivity contribution in [2.24, 2.45) is 0 Å². The maximum Gasteiger partial charge on any atom is 0.251 e. The number of halogens is 1. The number of carbonyl (C=O) groups excluding carboxylic acids is 1. The normalized spacial score (nSPS) is 15.4. The molecule has 8 heteroatoms. The van der Waals surface area contributed by atoms with E-state index >= 15 is 0 Å². The van der Waals surface area contributed by atoms with Crippen LogP contribution in [0.4, 0.5) is 5.69 Å². The molecule has 0 unspecified atom stereocenters. The molecule has 1 aromatic carbocycles. The van der Waals surface area contributed by atoms with Gasteiger partial charge in [-0.15, -0.1) is 12.4 Å². The van der Waals surface area contributed by atoms with Crippen molar-refractivity contribution in [2.45, 2.75) is 57.9 Å². The molecular formula is C19H32ClN3O3S. The van der Waals surface area contributed by atoms with E-state index in [2.05, 4.69) is 15.4 Å². The standard InChI is InChI=1S/C19H31N3O3S.ClH/c1-2-15-26(24,25)22-18-11-9-16(10-12-18)19(23)21-14-13-20-17-7-5-3-4-6-8-17;/h9-12,17,20,22H,2-8,13-15H2,1H3,(H,21,23);1H. The highest BCUT2D eigenvalue weighted by Gasteiger charge is 2.12. The van der Waals surface area contributed by atoms with Gasteiger partial charge in [0, 0.05) is 30.4 Å². The van der Waals surface area contributed by atoms with E-state index < -0.39 is 10.0 Å². The number of hydrogen-bond acceptors (Lipinski definition) is 4. The molecule has 1 aromatic rings. The van der Waals surface area contributed by atoms with Crippen LogP contribution in [0.25, 0.3) is 0 Å². The number of nitrogens with one attached hydrogen (secondary N) is 3. The molecule has 0 saturated heterocycles. The van der Waals surface area contributed by atoms with Crippen LogP contribution in [0.5, 0.6) is 0 Å². The van der Waals surface area contributed by atoms with Crippen molar-refractivity contribution in [3.63, 3.8) is 0 Å². The van der Waals surface area contributed by atoms with Gasteiger partial charge in [-0.2, -0.15) is 0 Å². The fourth-order valence-corrected chi connectivity index (χ4v) is 4.36. The first-order valence-corrected chi connectivity index (χ1v) is 11.3. The zero-order valence-electron chi connectivity index (χ0n) is 16.0. The molecule has 0 heterocycles. The monoisotopic (exact) mass is 417 g/mol. The van der Waals surface area contributed by atoms with Gasteiger partial charge in [-0.25, -0.2) is 8.42 Å². The van der Waals surface area contributed by atoms with Gasteiger partial charge in [0.2, 0.25) is 10.0 Å². The summed E-state index contributed by atoms with van der Waals surface area (Å²) in [7, 11) is -3.31. The lowest BCUT2D eigenvalue weighted by Gasteiger charge is -2.16. The van der Waals surface area contributed by atoms with Gasteiger partial charge < -0.3 is 10.6 Å². The van der Waals surface area contributed by atoms with E-state index in [0.717, 1.165) is 6.54 Å². The first-order chi connectivity index (χ1) is 12.5. The van der Waals surface area contributed by atoms with E-state index in [4.69, 9.17) is 0 Å². The highest BCUT2D eigenvalue weighted by Crippen LogP contribution is 2.17.